The second kappa shape index (κ2) is 11.0. The van der Waals surface area contributed by atoms with E-state index in [1.165, 1.54) is 23.5 Å². The zero-order valence-electron chi connectivity index (χ0n) is 24.7. The number of imidazole rings is 1. The van der Waals surface area contributed by atoms with Gasteiger partial charge in [0.15, 0.2) is 0 Å². The minimum Gasteiger partial charge on any atom is -0.334 e. The van der Waals surface area contributed by atoms with Gasteiger partial charge in [0.1, 0.15) is 11.5 Å². The summed E-state index contributed by atoms with van der Waals surface area (Å²) in [5, 5.41) is 4.74. The smallest absolute Gasteiger partial charge is 0.334 e. The van der Waals surface area contributed by atoms with Gasteiger partial charge in [-0.25, -0.2) is 9.50 Å². The highest BCUT2D eigenvalue weighted by Crippen LogP contribution is 2.37. The Labute approximate surface area is 265 Å². The van der Waals surface area contributed by atoms with Crippen LogP contribution in [-0.4, -0.2) is 40.6 Å². The molecule has 4 heterocycles. The predicted molar refractivity (Wildman–Crippen MR) is 166 cm³/mol. The van der Waals surface area contributed by atoms with Crippen molar-refractivity contribution >= 4 is 27.5 Å². The molecule has 1 aliphatic carbocycles. The summed E-state index contributed by atoms with van der Waals surface area (Å²) in [4.78, 5) is 34.0. The Bertz CT molecular complexity index is 2010. The van der Waals surface area contributed by atoms with Gasteiger partial charge in [0.2, 0.25) is 0 Å². The van der Waals surface area contributed by atoms with E-state index < -0.39 is 23.7 Å². The van der Waals surface area contributed by atoms with Crippen LogP contribution in [0.15, 0.2) is 70.3 Å². The highest BCUT2D eigenvalue weighted by atomic mass is 79.9. The molecule has 45 heavy (non-hydrogen) atoms. The molecule has 2 aliphatic rings. The average Bonchev–Trinajstić information content (AvgIpc) is 3.61. The molecular formula is C33H30BrF3N6O2. The number of carbonyl (C=O) groups excluding carboxylic acids is 1. The molecule has 0 spiro atoms. The number of hydrogen-bond acceptors (Lipinski definition) is 4. The molecule has 2 aromatic carbocycles. The molecule has 0 N–H and O–H groups in total. The van der Waals surface area contributed by atoms with E-state index in [1.807, 2.05) is 49.0 Å². The van der Waals surface area contributed by atoms with Gasteiger partial charge in [-0.05, 0) is 68.1 Å². The molecule has 1 aliphatic heterocycles. The molecular weight excluding hydrogens is 649 g/mol. The van der Waals surface area contributed by atoms with E-state index in [0.29, 0.717) is 28.5 Å². The minimum absolute atomic E-state index is 0.0436. The number of rotatable bonds is 5. The van der Waals surface area contributed by atoms with Crippen LogP contribution in [0.4, 0.5) is 13.2 Å². The lowest BCUT2D eigenvalue weighted by atomic mass is 9.81. The lowest BCUT2D eigenvalue weighted by Gasteiger charge is -2.35. The lowest BCUT2D eigenvalue weighted by molar-refractivity contribution is -0.138. The highest BCUT2D eigenvalue weighted by Gasteiger charge is 2.36. The first-order chi connectivity index (χ1) is 21.5. The maximum Gasteiger partial charge on any atom is 0.417 e. The number of aryl methyl sites for hydroxylation is 1. The quantitative estimate of drug-likeness (QED) is 0.210. The Hall–Kier alpha value is -4.19. The van der Waals surface area contributed by atoms with Crippen molar-refractivity contribution in [2.24, 2.45) is 13.0 Å². The molecule has 232 valence electrons. The van der Waals surface area contributed by atoms with Gasteiger partial charge in [-0.15, -0.1) is 0 Å². The van der Waals surface area contributed by atoms with Crippen molar-refractivity contribution in [2.75, 3.05) is 0 Å². The van der Waals surface area contributed by atoms with Crippen LogP contribution in [-0.2, 0) is 32.6 Å². The third-order valence-corrected chi connectivity index (χ3v) is 9.85. The fraction of sp³-hybridized carbons (Fsp3) is 0.333. The van der Waals surface area contributed by atoms with Crippen LogP contribution in [0.2, 0.25) is 0 Å². The summed E-state index contributed by atoms with van der Waals surface area (Å²) in [6.45, 7) is 1.85. The van der Waals surface area contributed by atoms with Gasteiger partial charge in [-0.3, -0.25) is 14.2 Å². The number of alkyl halides is 3. The van der Waals surface area contributed by atoms with Crippen molar-refractivity contribution in [1.29, 1.82) is 0 Å². The summed E-state index contributed by atoms with van der Waals surface area (Å²) in [5.41, 5.74) is 3.18. The first-order valence-corrected chi connectivity index (χ1v) is 15.7. The number of hydrogen-bond donors (Lipinski definition) is 0. The molecule has 0 unspecified atom stereocenters. The van der Waals surface area contributed by atoms with Crippen molar-refractivity contribution in [3.63, 3.8) is 0 Å². The van der Waals surface area contributed by atoms with Crippen LogP contribution in [0.1, 0.15) is 58.9 Å². The first-order valence-electron chi connectivity index (χ1n) is 14.9. The number of halogens is 4. The second-order valence-corrected chi connectivity index (χ2v) is 12.9. The normalized spacial score (nSPS) is 17.0. The number of carbonyl (C=O) groups is 1. The number of aromatic nitrogens is 5. The third-order valence-electron chi connectivity index (χ3n) is 9.16. The van der Waals surface area contributed by atoms with E-state index in [4.69, 9.17) is 5.10 Å². The third kappa shape index (κ3) is 5.08. The van der Waals surface area contributed by atoms with Crippen LogP contribution in [0, 0.1) is 5.92 Å². The van der Waals surface area contributed by atoms with Gasteiger partial charge < -0.3 is 9.47 Å². The summed E-state index contributed by atoms with van der Waals surface area (Å²) in [6, 6.07) is 10.8. The second-order valence-electron chi connectivity index (χ2n) is 12.1. The molecule has 8 nitrogen and oxygen atoms in total. The number of nitrogens with zero attached hydrogens (tertiary/aromatic N) is 6. The molecule has 1 amide bonds. The number of fused-ring (bicyclic) bond motifs is 3. The molecule has 0 bridgehead atoms. The zero-order valence-corrected chi connectivity index (χ0v) is 26.3. The summed E-state index contributed by atoms with van der Waals surface area (Å²) in [6.07, 6.45) is 5.25. The van der Waals surface area contributed by atoms with Crippen LogP contribution in [0.25, 0.3) is 22.7 Å². The monoisotopic (exact) mass is 678 g/mol. The Balaban J connectivity index is 1.33. The zero-order chi connectivity index (χ0) is 31.6. The maximum atomic E-state index is 14.4. The molecule has 3 aromatic heterocycles. The molecule has 0 radical (unpaired) electrons. The fourth-order valence-corrected chi connectivity index (χ4v) is 6.96. The Morgan fingerprint density at radius 1 is 1.11 bits per heavy atom. The Morgan fingerprint density at radius 2 is 1.87 bits per heavy atom. The van der Waals surface area contributed by atoms with Gasteiger partial charge in [-0.2, -0.15) is 18.3 Å². The highest BCUT2D eigenvalue weighted by molar-refractivity contribution is 9.10. The summed E-state index contributed by atoms with van der Waals surface area (Å²) >= 11 is 2.95. The summed E-state index contributed by atoms with van der Waals surface area (Å²) < 4.78 is 46.2. The molecule has 0 saturated heterocycles. The van der Waals surface area contributed by atoms with Crippen molar-refractivity contribution in [2.45, 2.75) is 57.8 Å². The van der Waals surface area contributed by atoms with E-state index in [-0.39, 0.29) is 28.6 Å². The molecule has 7 rings (SSSR count). The maximum absolute atomic E-state index is 14.4. The van der Waals surface area contributed by atoms with Gasteiger partial charge in [0.25, 0.3) is 11.5 Å². The number of amides is 1. The predicted octanol–water partition coefficient (Wildman–Crippen LogP) is 6.60. The molecule has 1 atom stereocenters. The largest absolute Gasteiger partial charge is 0.417 e. The Kier molecular flexibility index (Phi) is 7.22. The van der Waals surface area contributed by atoms with E-state index in [1.54, 1.807) is 21.5 Å². The molecule has 1 fully saturated rings. The summed E-state index contributed by atoms with van der Waals surface area (Å²) in [5.74, 6) is 0.795. The molecule has 12 heteroatoms. The standard InChI is InChI=1S/C33H30BrF3N6O2/c1-19-14-25-28(18-41(19)31(44)22-8-11-27(34)26(16-22)33(35,36)37)43-30(23(17-39-43)15-20-4-3-5-20)42(32(25)45)24-9-6-21(7-10-24)29-38-12-13-40(29)2/h6-13,16-17,19-20H,3-5,14-15,18H2,1-2H3/t19-/m0/s1. The van der Waals surface area contributed by atoms with Crippen LogP contribution in [0.3, 0.4) is 0 Å². The average molecular weight is 680 g/mol. The van der Waals surface area contributed by atoms with Gasteiger partial charge in [-0.1, -0.05) is 35.2 Å². The van der Waals surface area contributed by atoms with E-state index >= 15 is 0 Å². The van der Waals surface area contributed by atoms with Crippen LogP contribution in [0.5, 0.6) is 0 Å². The van der Waals surface area contributed by atoms with Gasteiger partial charge in [0, 0.05) is 52.2 Å². The van der Waals surface area contributed by atoms with E-state index in [0.717, 1.165) is 42.3 Å². The van der Waals surface area contributed by atoms with Crippen LogP contribution < -0.4 is 5.56 Å². The van der Waals surface area contributed by atoms with E-state index in [2.05, 4.69) is 20.9 Å². The SMILES string of the molecule is C[C@H]1Cc2c(n3ncc(CC4CCC4)c3n(-c3ccc(-c4nccn4C)cc3)c2=O)CN1C(=O)c1ccc(Br)c(C(F)(F)F)c1. The Morgan fingerprint density at radius 3 is 2.51 bits per heavy atom. The summed E-state index contributed by atoms with van der Waals surface area (Å²) in [7, 11) is 1.92. The first kappa shape index (κ1) is 29.5. The van der Waals surface area contributed by atoms with Crippen LogP contribution >= 0.6 is 15.9 Å². The van der Waals surface area contributed by atoms with E-state index in [9.17, 15) is 22.8 Å². The van der Waals surface area contributed by atoms with Gasteiger partial charge >= 0.3 is 6.18 Å². The van der Waals surface area contributed by atoms with Crippen molar-refractivity contribution in [3.8, 4) is 17.1 Å². The molecule has 5 aromatic rings. The topological polar surface area (TPSA) is 77.4 Å². The van der Waals surface area contributed by atoms with Crippen molar-refractivity contribution < 1.29 is 18.0 Å². The molecule has 1 saturated carbocycles. The number of benzene rings is 2. The fourth-order valence-electron chi connectivity index (χ4n) is 6.49. The minimum atomic E-state index is -4.62. The van der Waals surface area contributed by atoms with Gasteiger partial charge in [0.05, 0.1) is 29.7 Å². The lowest BCUT2D eigenvalue weighted by Crippen LogP contribution is -2.46. The van der Waals surface area contributed by atoms with Crippen molar-refractivity contribution in [1.82, 2.24) is 28.6 Å². The van der Waals surface area contributed by atoms with Crippen molar-refractivity contribution in [3.05, 3.63) is 104 Å².